The lowest BCUT2D eigenvalue weighted by Gasteiger charge is -2.14. The number of hydrogen-bond acceptors (Lipinski definition) is 2. The third-order valence-electron chi connectivity index (χ3n) is 2.79. The molecule has 2 heteroatoms. The Balaban J connectivity index is 3.27. The van der Waals surface area contributed by atoms with Crippen LogP contribution in [0.15, 0.2) is 12.1 Å². The van der Waals surface area contributed by atoms with Crippen molar-refractivity contribution in [2.75, 3.05) is 7.11 Å². The molecule has 0 amide bonds. The van der Waals surface area contributed by atoms with Gasteiger partial charge in [-0.15, -0.1) is 0 Å². The van der Waals surface area contributed by atoms with Gasteiger partial charge in [0.1, 0.15) is 5.75 Å². The summed E-state index contributed by atoms with van der Waals surface area (Å²) >= 11 is 0. The molecular formula is C13H17NO. The Hall–Kier alpha value is -1.49. The molecule has 1 unspecified atom stereocenters. The van der Waals surface area contributed by atoms with Gasteiger partial charge in [-0.1, -0.05) is 13.0 Å². The van der Waals surface area contributed by atoms with E-state index in [-0.39, 0.29) is 5.92 Å². The van der Waals surface area contributed by atoms with Crippen molar-refractivity contribution in [1.29, 1.82) is 5.26 Å². The van der Waals surface area contributed by atoms with Gasteiger partial charge in [0.15, 0.2) is 0 Å². The van der Waals surface area contributed by atoms with E-state index in [9.17, 15) is 0 Å². The quantitative estimate of drug-likeness (QED) is 0.754. The van der Waals surface area contributed by atoms with Gasteiger partial charge in [-0.2, -0.15) is 5.26 Å². The van der Waals surface area contributed by atoms with Crippen molar-refractivity contribution in [3.63, 3.8) is 0 Å². The SMILES string of the molecule is CCC(C#N)c1cc(C)c(C)cc1OC. The number of benzene rings is 1. The average molecular weight is 203 g/mol. The Bertz CT molecular complexity index is 390. The molecule has 1 aromatic rings. The van der Waals surface area contributed by atoms with Crippen LogP contribution in [0.4, 0.5) is 0 Å². The van der Waals surface area contributed by atoms with E-state index in [4.69, 9.17) is 10.00 Å². The number of hydrogen-bond donors (Lipinski definition) is 0. The van der Waals surface area contributed by atoms with Crippen LogP contribution in [-0.2, 0) is 0 Å². The smallest absolute Gasteiger partial charge is 0.123 e. The van der Waals surface area contributed by atoms with Crippen molar-refractivity contribution >= 4 is 0 Å². The molecule has 1 rings (SSSR count). The standard InChI is InChI=1S/C13H17NO/c1-5-11(8-14)12-6-9(2)10(3)7-13(12)15-4/h6-7,11H,5H2,1-4H3. The van der Waals surface area contributed by atoms with Gasteiger partial charge in [-0.3, -0.25) is 0 Å². The Morgan fingerprint density at radius 2 is 1.93 bits per heavy atom. The minimum absolute atomic E-state index is 0.0701. The van der Waals surface area contributed by atoms with Crippen LogP contribution in [0, 0.1) is 25.2 Å². The molecule has 0 aliphatic rings. The van der Waals surface area contributed by atoms with E-state index < -0.39 is 0 Å². The lowest BCUT2D eigenvalue weighted by molar-refractivity contribution is 0.407. The lowest BCUT2D eigenvalue weighted by atomic mass is 9.93. The van der Waals surface area contributed by atoms with Crippen molar-refractivity contribution in [3.05, 3.63) is 28.8 Å². The first kappa shape index (κ1) is 11.6. The van der Waals surface area contributed by atoms with Gasteiger partial charge in [0.2, 0.25) is 0 Å². The van der Waals surface area contributed by atoms with E-state index in [1.165, 1.54) is 11.1 Å². The highest BCUT2D eigenvalue weighted by molar-refractivity contribution is 5.45. The van der Waals surface area contributed by atoms with Gasteiger partial charge >= 0.3 is 0 Å². The molecule has 0 aromatic heterocycles. The highest BCUT2D eigenvalue weighted by atomic mass is 16.5. The van der Waals surface area contributed by atoms with Gasteiger partial charge in [-0.05, 0) is 37.5 Å². The van der Waals surface area contributed by atoms with Gasteiger partial charge in [0.25, 0.3) is 0 Å². The van der Waals surface area contributed by atoms with Crippen LogP contribution < -0.4 is 4.74 Å². The molecule has 1 atom stereocenters. The molecule has 0 bridgehead atoms. The molecule has 1 aromatic carbocycles. The molecule has 15 heavy (non-hydrogen) atoms. The molecule has 0 spiro atoms. The van der Waals surface area contributed by atoms with Crippen LogP contribution in [0.3, 0.4) is 0 Å². The number of aryl methyl sites for hydroxylation is 2. The number of ether oxygens (including phenoxy) is 1. The van der Waals surface area contributed by atoms with Crippen molar-refractivity contribution in [3.8, 4) is 11.8 Å². The van der Waals surface area contributed by atoms with Crippen molar-refractivity contribution in [2.45, 2.75) is 33.1 Å². The summed E-state index contributed by atoms with van der Waals surface area (Å²) in [5, 5.41) is 9.05. The Morgan fingerprint density at radius 3 is 2.40 bits per heavy atom. The molecule has 0 saturated heterocycles. The maximum atomic E-state index is 9.05. The number of nitriles is 1. The average Bonchev–Trinajstić information content (AvgIpc) is 2.24. The van der Waals surface area contributed by atoms with Crippen molar-refractivity contribution < 1.29 is 4.74 Å². The normalized spacial score (nSPS) is 11.9. The van der Waals surface area contributed by atoms with Crippen molar-refractivity contribution in [2.24, 2.45) is 0 Å². The first-order chi connectivity index (χ1) is 7.13. The fraction of sp³-hybridized carbons (Fsp3) is 0.462. The summed E-state index contributed by atoms with van der Waals surface area (Å²) < 4.78 is 5.31. The highest BCUT2D eigenvalue weighted by Gasteiger charge is 2.14. The van der Waals surface area contributed by atoms with Gasteiger partial charge < -0.3 is 4.74 Å². The highest BCUT2D eigenvalue weighted by Crippen LogP contribution is 2.31. The van der Waals surface area contributed by atoms with Crippen LogP contribution in [-0.4, -0.2) is 7.11 Å². The fourth-order valence-corrected chi connectivity index (χ4v) is 1.64. The second kappa shape index (κ2) is 4.84. The van der Waals surface area contributed by atoms with E-state index in [1.54, 1.807) is 7.11 Å². The van der Waals surface area contributed by atoms with E-state index in [0.717, 1.165) is 17.7 Å². The Morgan fingerprint density at radius 1 is 1.33 bits per heavy atom. The molecule has 0 aliphatic heterocycles. The van der Waals surface area contributed by atoms with Crippen LogP contribution in [0.5, 0.6) is 5.75 Å². The largest absolute Gasteiger partial charge is 0.496 e. The third kappa shape index (κ3) is 2.30. The van der Waals surface area contributed by atoms with E-state index >= 15 is 0 Å². The summed E-state index contributed by atoms with van der Waals surface area (Å²) in [6.45, 7) is 6.12. The van der Waals surface area contributed by atoms with Crippen LogP contribution >= 0.6 is 0 Å². The minimum atomic E-state index is -0.0701. The van der Waals surface area contributed by atoms with Gasteiger partial charge in [0.05, 0.1) is 19.1 Å². The minimum Gasteiger partial charge on any atom is -0.496 e. The third-order valence-corrected chi connectivity index (χ3v) is 2.79. The molecule has 0 aliphatic carbocycles. The zero-order valence-corrected chi connectivity index (χ0v) is 9.79. The van der Waals surface area contributed by atoms with Crippen LogP contribution in [0.2, 0.25) is 0 Å². The summed E-state index contributed by atoms with van der Waals surface area (Å²) in [7, 11) is 1.65. The number of nitrogens with zero attached hydrogens (tertiary/aromatic N) is 1. The van der Waals surface area contributed by atoms with Crippen LogP contribution in [0.1, 0.15) is 36.0 Å². The predicted octanol–water partition coefficient (Wildman–Crippen LogP) is 3.33. The summed E-state index contributed by atoms with van der Waals surface area (Å²) in [5.74, 6) is 0.755. The second-order valence-corrected chi connectivity index (χ2v) is 3.77. The maximum Gasteiger partial charge on any atom is 0.123 e. The molecule has 80 valence electrons. The summed E-state index contributed by atoms with van der Waals surface area (Å²) in [6.07, 6.45) is 0.815. The molecule has 0 radical (unpaired) electrons. The molecule has 2 nitrogen and oxygen atoms in total. The molecule has 0 heterocycles. The van der Waals surface area contributed by atoms with E-state index in [2.05, 4.69) is 26.0 Å². The van der Waals surface area contributed by atoms with E-state index in [1.807, 2.05) is 13.0 Å². The van der Waals surface area contributed by atoms with Gasteiger partial charge in [-0.25, -0.2) is 0 Å². The van der Waals surface area contributed by atoms with Gasteiger partial charge in [0, 0.05) is 5.56 Å². The molecule has 0 fully saturated rings. The zero-order chi connectivity index (χ0) is 11.4. The Kier molecular flexibility index (Phi) is 3.74. The first-order valence-corrected chi connectivity index (χ1v) is 5.18. The lowest BCUT2D eigenvalue weighted by Crippen LogP contribution is -2.00. The first-order valence-electron chi connectivity index (χ1n) is 5.18. The maximum absolute atomic E-state index is 9.05. The molecule has 0 saturated carbocycles. The zero-order valence-electron chi connectivity index (χ0n) is 9.79. The summed E-state index contributed by atoms with van der Waals surface area (Å²) in [5.41, 5.74) is 3.41. The molecule has 0 N–H and O–H groups in total. The topological polar surface area (TPSA) is 33.0 Å². The molecular weight excluding hydrogens is 186 g/mol. The predicted molar refractivity (Wildman–Crippen MR) is 61.1 cm³/mol. The van der Waals surface area contributed by atoms with Crippen LogP contribution in [0.25, 0.3) is 0 Å². The Labute approximate surface area is 91.5 Å². The monoisotopic (exact) mass is 203 g/mol. The fourth-order valence-electron chi connectivity index (χ4n) is 1.64. The number of rotatable bonds is 3. The van der Waals surface area contributed by atoms with Crippen molar-refractivity contribution in [1.82, 2.24) is 0 Å². The second-order valence-electron chi connectivity index (χ2n) is 3.77. The number of methoxy groups -OCH3 is 1. The van der Waals surface area contributed by atoms with E-state index in [0.29, 0.717) is 0 Å². The summed E-state index contributed by atoms with van der Waals surface area (Å²) in [6, 6.07) is 6.38. The summed E-state index contributed by atoms with van der Waals surface area (Å²) in [4.78, 5) is 0.